The van der Waals surface area contributed by atoms with Gasteiger partial charge in [-0.1, -0.05) is 24.3 Å². The molecule has 4 rings (SSSR count). The van der Waals surface area contributed by atoms with Crippen molar-refractivity contribution in [2.45, 2.75) is 6.61 Å². The van der Waals surface area contributed by atoms with Crippen LogP contribution >= 0.6 is 0 Å². The van der Waals surface area contributed by atoms with Gasteiger partial charge in [0.1, 0.15) is 11.5 Å². The lowest BCUT2D eigenvalue weighted by Crippen LogP contribution is -1.94. The first-order valence-corrected chi connectivity index (χ1v) is 8.63. The number of benzene rings is 2. The van der Waals surface area contributed by atoms with Gasteiger partial charge >= 0.3 is 0 Å². The molecule has 2 aromatic heterocycles. The number of aliphatic hydroxyl groups excluding tert-OH is 1. The van der Waals surface area contributed by atoms with Crippen LogP contribution in [0.3, 0.4) is 0 Å². The highest BCUT2D eigenvalue weighted by Gasteiger charge is 2.08. The van der Waals surface area contributed by atoms with Crippen LogP contribution in [-0.2, 0) is 6.61 Å². The zero-order valence-electron chi connectivity index (χ0n) is 14.8. The minimum Gasteiger partial charge on any atom is -0.508 e. The highest BCUT2D eigenvalue weighted by Crippen LogP contribution is 2.33. The molecule has 0 amide bonds. The third-order valence-corrected chi connectivity index (χ3v) is 4.32. The number of anilines is 2. The summed E-state index contributed by atoms with van der Waals surface area (Å²) >= 11 is 0. The maximum absolute atomic E-state index is 10.0. The fourth-order valence-corrected chi connectivity index (χ4v) is 2.92. The lowest BCUT2D eigenvalue weighted by atomic mass is 10.0. The van der Waals surface area contributed by atoms with Crippen molar-refractivity contribution in [2.24, 2.45) is 0 Å². The SMILES string of the molecule is OCc1cc(Nc2cc(-c3ccc(-c4ccc(O)cc4O)cc3)[nH]n2)ccn1. The zero-order valence-corrected chi connectivity index (χ0v) is 14.8. The number of pyridine rings is 1. The number of H-pyrrole nitrogens is 1. The van der Waals surface area contributed by atoms with Gasteiger partial charge in [0.2, 0.25) is 0 Å². The Kier molecular flexibility index (Phi) is 4.65. The molecule has 28 heavy (non-hydrogen) atoms. The van der Waals surface area contributed by atoms with Crippen molar-refractivity contribution in [3.63, 3.8) is 0 Å². The summed E-state index contributed by atoms with van der Waals surface area (Å²) in [6.45, 7) is -0.121. The second-order valence-electron chi connectivity index (χ2n) is 6.26. The number of nitrogens with one attached hydrogen (secondary N) is 2. The Balaban J connectivity index is 1.53. The molecule has 0 saturated heterocycles. The Morgan fingerprint density at radius 1 is 0.893 bits per heavy atom. The van der Waals surface area contributed by atoms with Gasteiger partial charge in [-0.25, -0.2) is 0 Å². The summed E-state index contributed by atoms with van der Waals surface area (Å²) in [6, 6.07) is 17.6. The number of aromatic nitrogens is 3. The van der Waals surface area contributed by atoms with Gasteiger partial charge in [-0.3, -0.25) is 10.1 Å². The molecule has 0 unspecified atom stereocenters. The average molecular weight is 374 g/mol. The van der Waals surface area contributed by atoms with E-state index in [0.717, 1.165) is 22.5 Å². The molecule has 140 valence electrons. The van der Waals surface area contributed by atoms with Crippen molar-refractivity contribution < 1.29 is 15.3 Å². The molecule has 0 radical (unpaired) electrons. The van der Waals surface area contributed by atoms with Gasteiger partial charge in [0.15, 0.2) is 5.82 Å². The van der Waals surface area contributed by atoms with Crippen molar-refractivity contribution in [3.8, 4) is 33.9 Å². The van der Waals surface area contributed by atoms with Crippen LogP contribution < -0.4 is 5.32 Å². The number of hydrogen-bond donors (Lipinski definition) is 5. The van der Waals surface area contributed by atoms with Crippen LogP contribution in [0.4, 0.5) is 11.5 Å². The van der Waals surface area contributed by atoms with Crippen molar-refractivity contribution >= 4 is 11.5 Å². The van der Waals surface area contributed by atoms with Crippen LogP contribution in [0.25, 0.3) is 22.4 Å². The molecule has 4 aromatic rings. The predicted molar refractivity (Wildman–Crippen MR) is 106 cm³/mol. The molecular weight excluding hydrogens is 356 g/mol. The van der Waals surface area contributed by atoms with Crippen LogP contribution in [0.15, 0.2) is 66.9 Å². The van der Waals surface area contributed by atoms with Crippen molar-refractivity contribution in [3.05, 3.63) is 72.6 Å². The smallest absolute Gasteiger partial charge is 0.152 e. The molecule has 0 saturated carbocycles. The maximum Gasteiger partial charge on any atom is 0.152 e. The summed E-state index contributed by atoms with van der Waals surface area (Å²) in [7, 11) is 0. The van der Waals surface area contributed by atoms with Crippen LogP contribution in [0, 0.1) is 0 Å². The standard InChI is InChI=1S/C21H18N4O3/c26-12-16-9-15(7-8-22-16)23-21-11-19(24-25-21)14-3-1-13(2-4-14)18-6-5-17(27)10-20(18)28/h1-11,26-28H,12H2,(H2,22,23,24,25). The van der Waals surface area contributed by atoms with Gasteiger partial charge in [0.25, 0.3) is 0 Å². The molecule has 0 bridgehead atoms. The molecule has 0 aliphatic carbocycles. The largest absolute Gasteiger partial charge is 0.508 e. The van der Waals surface area contributed by atoms with E-state index in [2.05, 4.69) is 20.5 Å². The van der Waals surface area contributed by atoms with Gasteiger partial charge < -0.3 is 20.6 Å². The lowest BCUT2D eigenvalue weighted by molar-refractivity contribution is 0.277. The quantitative estimate of drug-likeness (QED) is 0.363. The molecule has 0 spiro atoms. The summed E-state index contributed by atoms with van der Waals surface area (Å²) in [4.78, 5) is 4.05. The first kappa shape index (κ1) is 17.6. The fraction of sp³-hybridized carbons (Fsp3) is 0.0476. The monoisotopic (exact) mass is 374 g/mol. The van der Waals surface area contributed by atoms with E-state index < -0.39 is 0 Å². The maximum atomic E-state index is 10.0. The second-order valence-corrected chi connectivity index (χ2v) is 6.26. The highest BCUT2D eigenvalue weighted by atomic mass is 16.3. The summed E-state index contributed by atoms with van der Waals surface area (Å²) in [5.41, 5.74) is 4.62. The molecule has 5 N–H and O–H groups in total. The van der Waals surface area contributed by atoms with Crippen molar-refractivity contribution in [1.29, 1.82) is 0 Å². The van der Waals surface area contributed by atoms with Crippen LogP contribution in [0.1, 0.15) is 5.69 Å². The van der Waals surface area contributed by atoms with Gasteiger partial charge in [0, 0.05) is 29.6 Å². The third-order valence-electron chi connectivity index (χ3n) is 4.32. The lowest BCUT2D eigenvalue weighted by Gasteiger charge is -2.06. The van der Waals surface area contributed by atoms with Crippen molar-refractivity contribution in [1.82, 2.24) is 15.2 Å². The Morgan fingerprint density at radius 2 is 1.68 bits per heavy atom. The van der Waals surface area contributed by atoms with E-state index in [1.54, 1.807) is 24.4 Å². The zero-order chi connectivity index (χ0) is 19.5. The first-order valence-electron chi connectivity index (χ1n) is 8.63. The minimum absolute atomic E-state index is 0.0238. The highest BCUT2D eigenvalue weighted by molar-refractivity contribution is 5.74. The van der Waals surface area contributed by atoms with Gasteiger partial charge in [0.05, 0.1) is 18.0 Å². The molecule has 2 heterocycles. The molecule has 7 nitrogen and oxygen atoms in total. The van der Waals surface area contributed by atoms with Gasteiger partial charge in [-0.05, 0) is 35.4 Å². The molecule has 7 heteroatoms. The Hall–Kier alpha value is -3.84. The molecule has 0 aliphatic rings. The van der Waals surface area contributed by atoms with Crippen LogP contribution in [-0.4, -0.2) is 30.5 Å². The van der Waals surface area contributed by atoms with E-state index >= 15 is 0 Å². The molecule has 0 aliphatic heterocycles. The summed E-state index contributed by atoms with van der Waals surface area (Å²) in [6.07, 6.45) is 1.62. The third kappa shape index (κ3) is 3.65. The molecular formula is C21H18N4O3. The molecule has 2 aromatic carbocycles. The number of rotatable bonds is 5. The number of phenols is 2. The Labute approximate surface area is 161 Å². The van der Waals surface area contributed by atoms with Crippen LogP contribution in [0.2, 0.25) is 0 Å². The second kappa shape index (κ2) is 7.42. The van der Waals surface area contributed by atoms with Crippen molar-refractivity contribution in [2.75, 3.05) is 5.32 Å². The predicted octanol–water partition coefficient (Wildman–Crippen LogP) is 3.79. The number of aliphatic hydroxyl groups is 1. The number of hydrogen-bond acceptors (Lipinski definition) is 6. The normalized spacial score (nSPS) is 10.8. The fourth-order valence-electron chi connectivity index (χ4n) is 2.92. The summed E-state index contributed by atoms with van der Waals surface area (Å²) in [5, 5.41) is 39.0. The minimum atomic E-state index is -0.121. The Bertz CT molecular complexity index is 1110. The first-order chi connectivity index (χ1) is 13.6. The number of phenolic OH excluding ortho intramolecular Hbond substituents is 2. The summed E-state index contributed by atoms with van der Waals surface area (Å²) < 4.78 is 0. The number of aromatic hydroxyl groups is 2. The average Bonchev–Trinajstić information content (AvgIpc) is 3.17. The summed E-state index contributed by atoms with van der Waals surface area (Å²) in [5.74, 6) is 0.696. The van der Waals surface area contributed by atoms with E-state index in [4.69, 9.17) is 0 Å². The topological polar surface area (TPSA) is 114 Å². The number of nitrogens with zero attached hydrogens (tertiary/aromatic N) is 2. The van der Waals surface area contributed by atoms with E-state index in [1.165, 1.54) is 12.1 Å². The van der Waals surface area contributed by atoms with Gasteiger partial charge in [-0.2, -0.15) is 5.10 Å². The van der Waals surface area contributed by atoms with Crippen LogP contribution in [0.5, 0.6) is 11.5 Å². The Morgan fingerprint density at radius 3 is 2.43 bits per heavy atom. The molecule has 0 fully saturated rings. The van der Waals surface area contributed by atoms with E-state index in [-0.39, 0.29) is 18.1 Å². The number of aromatic amines is 1. The van der Waals surface area contributed by atoms with Gasteiger partial charge in [-0.15, -0.1) is 0 Å². The molecule has 0 atom stereocenters. The van der Waals surface area contributed by atoms with E-state index in [0.29, 0.717) is 17.1 Å². The van der Waals surface area contributed by atoms with E-state index in [9.17, 15) is 15.3 Å². The van der Waals surface area contributed by atoms with E-state index in [1.807, 2.05) is 30.3 Å².